The molecule has 1 heterocycles. The summed E-state index contributed by atoms with van der Waals surface area (Å²) in [7, 11) is 0. The molecule has 0 nitrogen and oxygen atoms in total. The Kier molecular flexibility index (Phi) is 3.51. The van der Waals surface area contributed by atoms with Crippen molar-refractivity contribution in [3.8, 4) is 0 Å². The van der Waals surface area contributed by atoms with Crippen LogP contribution in [-0.4, -0.2) is 14.5 Å². The zero-order valence-corrected chi connectivity index (χ0v) is 9.80. The van der Waals surface area contributed by atoms with Gasteiger partial charge in [0, 0.05) is 0 Å². The van der Waals surface area contributed by atoms with Gasteiger partial charge in [0.25, 0.3) is 0 Å². The molecule has 0 unspecified atom stereocenters. The fraction of sp³-hybridized carbons (Fsp3) is 0.500. The molecule has 0 aromatic carbocycles. The second-order valence-corrected chi connectivity index (χ2v) is 5.97. The number of hydrogen-bond acceptors (Lipinski definition) is 0. The van der Waals surface area contributed by atoms with E-state index in [1.165, 1.54) is 20.0 Å². The van der Waals surface area contributed by atoms with E-state index in [0.29, 0.717) is 26.3 Å². The Labute approximate surface area is 83.3 Å². The summed E-state index contributed by atoms with van der Waals surface area (Å²) in [6, 6.07) is 0. The fourth-order valence-electron chi connectivity index (χ4n) is 1.13. The van der Waals surface area contributed by atoms with Crippen molar-refractivity contribution < 1.29 is 0 Å². The molecule has 0 spiro atoms. The summed E-state index contributed by atoms with van der Waals surface area (Å²) in [6.45, 7) is 4.31. The Bertz CT molecular complexity index is 228. The molecule has 0 bridgehead atoms. The molecule has 1 rings (SSSR count). The SMILES string of the molecule is Cc1[se]c(C)c(CCl)c1CCl. The topological polar surface area (TPSA) is 0 Å². The molecule has 0 radical (unpaired) electrons. The number of alkyl halides is 2. The first kappa shape index (κ1) is 9.67. The fourth-order valence-corrected chi connectivity index (χ4v) is 4.51. The van der Waals surface area contributed by atoms with Crippen LogP contribution in [0, 0.1) is 13.8 Å². The number of rotatable bonds is 2. The van der Waals surface area contributed by atoms with Crippen LogP contribution >= 0.6 is 23.2 Å². The first-order valence-electron chi connectivity index (χ1n) is 3.40. The molecule has 0 aliphatic rings. The molecule has 62 valence electrons. The Morgan fingerprint density at radius 2 is 1.36 bits per heavy atom. The summed E-state index contributed by atoms with van der Waals surface area (Å²) < 4.78 is 2.89. The van der Waals surface area contributed by atoms with E-state index in [9.17, 15) is 0 Å². The van der Waals surface area contributed by atoms with Gasteiger partial charge in [-0.15, -0.1) is 0 Å². The molecule has 0 aliphatic carbocycles. The monoisotopic (exact) mass is 256 g/mol. The summed E-state index contributed by atoms with van der Waals surface area (Å²) in [5.41, 5.74) is 2.58. The van der Waals surface area contributed by atoms with E-state index in [4.69, 9.17) is 23.2 Å². The van der Waals surface area contributed by atoms with Crippen molar-refractivity contribution in [3.63, 3.8) is 0 Å². The molecule has 1 aromatic rings. The Morgan fingerprint density at radius 1 is 1.00 bits per heavy atom. The Morgan fingerprint density at radius 3 is 1.64 bits per heavy atom. The minimum atomic E-state index is 0.522. The third-order valence-electron chi connectivity index (χ3n) is 1.79. The molecule has 0 amide bonds. The molecule has 11 heavy (non-hydrogen) atoms. The molecule has 0 saturated heterocycles. The van der Waals surface area contributed by atoms with Gasteiger partial charge in [-0.05, 0) is 0 Å². The van der Waals surface area contributed by atoms with Crippen LogP contribution in [0.3, 0.4) is 0 Å². The van der Waals surface area contributed by atoms with Gasteiger partial charge >= 0.3 is 83.3 Å². The quantitative estimate of drug-likeness (QED) is 0.563. The third kappa shape index (κ3) is 1.84. The predicted octanol–water partition coefficient (Wildman–Crippen LogP) is 2.84. The maximum absolute atomic E-state index is 5.80. The van der Waals surface area contributed by atoms with Crippen molar-refractivity contribution in [2.24, 2.45) is 0 Å². The van der Waals surface area contributed by atoms with Gasteiger partial charge in [-0.25, -0.2) is 0 Å². The van der Waals surface area contributed by atoms with Crippen LogP contribution in [0.1, 0.15) is 20.0 Å². The van der Waals surface area contributed by atoms with Crippen LogP contribution in [0.25, 0.3) is 0 Å². The average Bonchev–Trinajstić information content (AvgIpc) is 2.24. The standard InChI is InChI=1S/C8H10Cl2Se/c1-5-7(3-9)8(4-10)6(2)11-5/h3-4H2,1-2H3. The molecule has 0 saturated carbocycles. The Balaban J connectivity index is 3.17. The third-order valence-corrected chi connectivity index (χ3v) is 4.64. The van der Waals surface area contributed by atoms with Crippen molar-refractivity contribution in [2.75, 3.05) is 0 Å². The van der Waals surface area contributed by atoms with Gasteiger partial charge in [0.05, 0.1) is 0 Å². The van der Waals surface area contributed by atoms with Crippen LogP contribution < -0.4 is 0 Å². The second-order valence-electron chi connectivity index (χ2n) is 2.44. The molecule has 0 fully saturated rings. The zero-order valence-electron chi connectivity index (χ0n) is 6.58. The summed E-state index contributed by atoms with van der Waals surface area (Å²) in [5.74, 6) is 1.24. The minimum absolute atomic E-state index is 0.522. The summed E-state index contributed by atoms with van der Waals surface area (Å²) in [5, 5.41) is 0. The Hall–Kier alpha value is 0.579. The van der Waals surface area contributed by atoms with Crippen molar-refractivity contribution in [2.45, 2.75) is 25.6 Å². The van der Waals surface area contributed by atoms with Gasteiger partial charge in [-0.2, -0.15) is 0 Å². The predicted molar refractivity (Wildman–Crippen MR) is 52.0 cm³/mol. The van der Waals surface area contributed by atoms with Gasteiger partial charge in [-0.1, -0.05) is 0 Å². The van der Waals surface area contributed by atoms with Crippen LogP contribution in [0.2, 0.25) is 0 Å². The summed E-state index contributed by atoms with van der Waals surface area (Å²) in [6.07, 6.45) is 0. The van der Waals surface area contributed by atoms with E-state index in [1.807, 2.05) is 0 Å². The van der Waals surface area contributed by atoms with Crippen LogP contribution in [0.4, 0.5) is 0 Å². The van der Waals surface area contributed by atoms with Crippen molar-refractivity contribution in [1.29, 1.82) is 0 Å². The molecule has 0 atom stereocenters. The first-order valence-corrected chi connectivity index (χ1v) is 6.18. The van der Waals surface area contributed by atoms with Gasteiger partial charge in [-0.3, -0.25) is 0 Å². The second kappa shape index (κ2) is 4.00. The molecule has 0 aliphatic heterocycles. The average molecular weight is 256 g/mol. The van der Waals surface area contributed by atoms with Crippen LogP contribution in [0.5, 0.6) is 0 Å². The molecular formula is C8H10Cl2Se. The van der Waals surface area contributed by atoms with E-state index < -0.39 is 0 Å². The van der Waals surface area contributed by atoms with Crippen molar-refractivity contribution >= 4 is 37.7 Å². The summed E-state index contributed by atoms with van der Waals surface area (Å²) in [4.78, 5) is 0. The van der Waals surface area contributed by atoms with Gasteiger partial charge in [0.15, 0.2) is 0 Å². The molecular weight excluding hydrogens is 246 g/mol. The molecule has 3 heteroatoms. The van der Waals surface area contributed by atoms with E-state index in [2.05, 4.69) is 13.8 Å². The van der Waals surface area contributed by atoms with Crippen molar-refractivity contribution in [3.05, 3.63) is 20.0 Å². The number of aryl methyl sites for hydroxylation is 2. The molecule has 1 aromatic heterocycles. The molecule has 0 N–H and O–H groups in total. The number of halogens is 2. The van der Waals surface area contributed by atoms with Gasteiger partial charge < -0.3 is 0 Å². The van der Waals surface area contributed by atoms with Crippen molar-refractivity contribution in [1.82, 2.24) is 0 Å². The van der Waals surface area contributed by atoms with Crippen LogP contribution in [0.15, 0.2) is 0 Å². The van der Waals surface area contributed by atoms with E-state index >= 15 is 0 Å². The van der Waals surface area contributed by atoms with Gasteiger partial charge in [0.2, 0.25) is 0 Å². The van der Waals surface area contributed by atoms with Gasteiger partial charge in [0.1, 0.15) is 0 Å². The normalized spacial score (nSPS) is 10.5. The van der Waals surface area contributed by atoms with Crippen LogP contribution in [-0.2, 0) is 11.8 Å². The van der Waals surface area contributed by atoms with E-state index in [-0.39, 0.29) is 0 Å². The summed E-state index contributed by atoms with van der Waals surface area (Å²) >= 11 is 12.1. The maximum atomic E-state index is 5.80. The first-order chi connectivity index (χ1) is 5.20. The zero-order chi connectivity index (χ0) is 8.43. The van der Waals surface area contributed by atoms with E-state index in [1.54, 1.807) is 0 Å². The number of hydrogen-bond donors (Lipinski definition) is 0. The van der Waals surface area contributed by atoms with E-state index in [0.717, 1.165) is 0 Å².